The van der Waals surface area contributed by atoms with Crippen molar-refractivity contribution >= 4 is 40.1 Å². The maximum absolute atomic E-state index is 15.2. The van der Waals surface area contributed by atoms with E-state index in [0.717, 1.165) is 18.2 Å². The lowest BCUT2D eigenvalue weighted by Crippen LogP contribution is -2.18. The highest BCUT2D eigenvalue weighted by atomic mass is 19.4. The summed E-state index contributed by atoms with van der Waals surface area (Å²) in [6, 6.07) is 13.5. The van der Waals surface area contributed by atoms with Crippen molar-refractivity contribution in [2.45, 2.75) is 12.6 Å². The van der Waals surface area contributed by atoms with Gasteiger partial charge < -0.3 is 10.3 Å². The second-order valence-electron chi connectivity index (χ2n) is 7.91. The molecule has 3 aromatic heterocycles. The van der Waals surface area contributed by atoms with E-state index < -0.39 is 23.5 Å². The SMILES string of the molecule is O=C(Cc1cccc(C(F)(F)F)c1)Nc1ccc(F)c(N(c2ccccn2)c2ncnc3nc[nH]c23)c1. The van der Waals surface area contributed by atoms with Gasteiger partial charge in [0, 0.05) is 11.9 Å². The number of H-pyrrole nitrogens is 1. The minimum atomic E-state index is -4.52. The van der Waals surface area contributed by atoms with E-state index >= 15 is 4.39 Å². The number of aromatic amines is 1. The Morgan fingerprint density at radius 2 is 1.84 bits per heavy atom. The van der Waals surface area contributed by atoms with Crippen molar-refractivity contribution < 1.29 is 22.4 Å². The summed E-state index contributed by atoms with van der Waals surface area (Å²) in [6.07, 6.45) is -0.574. The third-order valence-electron chi connectivity index (χ3n) is 5.38. The molecule has 186 valence electrons. The zero-order valence-corrected chi connectivity index (χ0v) is 18.9. The molecule has 0 atom stereocenters. The quantitative estimate of drug-likeness (QED) is 0.292. The van der Waals surface area contributed by atoms with Gasteiger partial charge in [-0.1, -0.05) is 24.3 Å². The minimum absolute atomic E-state index is 0.0187. The number of halogens is 4. The maximum Gasteiger partial charge on any atom is 0.416 e. The summed E-state index contributed by atoms with van der Waals surface area (Å²) in [7, 11) is 0. The van der Waals surface area contributed by atoms with Gasteiger partial charge in [-0.3, -0.25) is 9.69 Å². The lowest BCUT2D eigenvalue weighted by Gasteiger charge is -2.24. The van der Waals surface area contributed by atoms with Crippen molar-refractivity contribution in [2.75, 3.05) is 10.2 Å². The summed E-state index contributed by atoms with van der Waals surface area (Å²) in [6.45, 7) is 0. The van der Waals surface area contributed by atoms with Crippen LogP contribution in [0.4, 0.5) is 40.6 Å². The van der Waals surface area contributed by atoms with E-state index in [-0.39, 0.29) is 29.2 Å². The van der Waals surface area contributed by atoms with Crippen LogP contribution in [-0.2, 0) is 17.4 Å². The first-order valence-corrected chi connectivity index (χ1v) is 10.9. The number of carbonyl (C=O) groups is 1. The Morgan fingerprint density at radius 1 is 0.973 bits per heavy atom. The van der Waals surface area contributed by atoms with E-state index in [1.165, 1.54) is 48.0 Å². The van der Waals surface area contributed by atoms with Crippen molar-refractivity contribution in [2.24, 2.45) is 0 Å². The van der Waals surface area contributed by atoms with Crippen LogP contribution in [0.1, 0.15) is 11.1 Å². The number of imidazole rings is 1. The molecule has 0 saturated heterocycles. The number of fused-ring (bicyclic) bond motifs is 1. The molecule has 8 nitrogen and oxygen atoms in total. The number of rotatable bonds is 6. The molecule has 2 N–H and O–H groups in total. The monoisotopic (exact) mass is 507 g/mol. The Morgan fingerprint density at radius 3 is 2.62 bits per heavy atom. The summed E-state index contributed by atoms with van der Waals surface area (Å²) in [5, 5.41) is 2.62. The average molecular weight is 507 g/mol. The fraction of sp³-hybridized carbons (Fsp3) is 0.0800. The van der Waals surface area contributed by atoms with Gasteiger partial charge in [-0.05, 0) is 42.0 Å². The van der Waals surface area contributed by atoms with Gasteiger partial charge in [0.2, 0.25) is 5.91 Å². The molecule has 0 aliphatic carbocycles. The molecule has 0 radical (unpaired) electrons. The van der Waals surface area contributed by atoms with Crippen LogP contribution < -0.4 is 10.2 Å². The number of hydrogen-bond donors (Lipinski definition) is 2. The van der Waals surface area contributed by atoms with Crippen LogP contribution in [0.3, 0.4) is 0 Å². The molecule has 2 aromatic carbocycles. The zero-order valence-electron chi connectivity index (χ0n) is 18.9. The topological polar surface area (TPSA) is 99.7 Å². The Balaban J connectivity index is 1.48. The Hall–Kier alpha value is -4.87. The third-order valence-corrected chi connectivity index (χ3v) is 5.38. The molecule has 5 aromatic rings. The highest BCUT2D eigenvalue weighted by Gasteiger charge is 2.30. The van der Waals surface area contributed by atoms with Crippen LogP contribution >= 0.6 is 0 Å². The van der Waals surface area contributed by atoms with Crippen molar-refractivity contribution in [1.82, 2.24) is 24.9 Å². The highest BCUT2D eigenvalue weighted by molar-refractivity contribution is 5.94. The fourth-order valence-electron chi connectivity index (χ4n) is 3.76. The van der Waals surface area contributed by atoms with Crippen LogP contribution in [0.5, 0.6) is 0 Å². The van der Waals surface area contributed by atoms with Gasteiger partial charge in [-0.15, -0.1) is 0 Å². The molecule has 0 bridgehead atoms. The molecular weight excluding hydrogens is 490 g/mol. The van der Waals surface area contributed by atoms with Gasteiger partial charge in [-0.25, -0.2) is 24.3 Å². The Labute approximate surface area is 207 Å². The first-order valence-electron chi connectivity index (χ1n) is 10.9. The number of pyridine rings is 1. The number of alkyl halides is 3. The van der Waals surface area contributed by atoms with E-state index in [9.17, 15) is 18.0 Å². The van der Waals surface area contributed by atoms with E-state index in [1.54, 1.807) is 18.2 Å². The largest absolute Gasteiger partial charge is 0.416 e. The van der Waals surface area contributed by atoms with Gasteiger partial charge in [0.1, 0.15) is 23.5 Å². The Kier molecular flexibility index (Phi) is 6.22. The van der Waals surface area contributed by atoms with Gasteiger partial charge in [-0.2, -0.15) is 13.2 Å². The molecule has 3 heterocycles. The van der Waals surface area contributed by atoms with E-state index in [2.05, 4.69) is 30.2 Å². The third kappa shape index (κ3) is 5.08. The highest BCUT2D eigenvalue weighted by Crippen LogP contribution is 2.37. The molecule has 12 heteroatoms. The number of carbonyl (C=O) groups excluding carboxylic acids is 1. The van der Waals surface area contributed by atoms with Crippen LogP contribution in [0.2, 0.25) is 0 Å². The number of anilines is 4. The first-order chi connectivity index (χ1) is 17.8. The van der Waals surface area contributed by atoms with E-state index in [0.29, 0.717) is 17.0 Å². The van der Waals surface area contributed by atoms with E-state index in [1.807, 2.05) is 0 Å². The van der Waals surface area contributed by atoms with Crippen LogP contribution in [0.25, 0.3) is 11.2 Å². The number of aromatic nitrogens is 5. The second kappa shape index (κ2) is 9.64. The minimum Gasteiger partial charge on any atom is -0.340 e. The van der Waals surface area contributed by atoms with Gasteiger partial charge in [0.05, 0.1) is 24.0 Å². The average Bonchev–Trinajstić information content (AvgIpc) is 3.36. The van der Waals surface area contributed by atoms with Crippen molar-refractivity contribution in [3.8, 4) is 0 Å². The maximum atomic E-state index is 15.2. The number of nitrogens with one attached hydrogen (secondary N) is 2. The Bertz CT molecular complexity index is 1570. The fourth-order valence-corrected chi connectivity index (χ4v) is 3.76. The van der Waals surface area contributed by atoms with Gasteiger partial charge >= 0.3 is 6.18 Å². The lowest BCUT2D eigenvalue weighted by atomic mass is 10.1. The smallest absolute Gasteiger partial charge is 0.340 e. The summed E-state index contributed by atoms with van der Waals surface area (Å²) in [5.74, 6) is -0.594. The van der Waals surface area contributed by atoms with Crippen molar-refractivity contribution in [3.05, 3.63) is 96.5 Å². The summed E-state index contributed by atoms with van der Waals surface area (Å²) < 4.78 is 54.2. The predicted octanol–water partition coefficient (Wildman–Crippen LogP) is 5.56. The predicted molar refractivity (Wildman–Crippen MR) is 128 cm³/mol. The molecule has 0 aliphatic rings. The molecule has 5 rings (SSSR count). The normalized spacial score (nSPS) is 11.5. The molecule has 0 saturated carbocycles. The van der Waals surface area contributed by atoms with Crippen LogP contribution in [0, 0.1) is 5.82 Å². The summed E-state index contributed by atoms with van der Waals surface area (Å²) >= 11 is 0. The molecule has 37 heavy (non-hydrogen) atoms. The molecule has 0 unspecified atom stereocenters. The van der Waals surface area contributed by atoms with Crippen molar-refractivity contribution in [3.63, 3.8) is 0 Å². The summed E-state index contributed by atoms with van der Waals surface area (Å²) in [4.78, 5) is 33.9. The van der Waals surface area contributed by atoms with Crippen molar-refractivity contribution in [1.29, 1.82) is 0 Å². The molecular formula is C25H17F4N7O. The second-order valence-corrected chi connectivity index (χ2v) is 7.91. The number of amides is 1. The zero-order chi connectivity index (χ0) is 26.0. The van der Waals surface area contributed by atoms with E-state index in [4.69, 9.17) is 0 Å². The molecule has 0 spiro atoms. The summed E-state index contributed by atoms with van der Waals surface area (Å²) in [5.41, 5.74) is 0.382. The molecule has 1 amide bonds. The standard InChI is InChI=1S/C25H17F4N7O/c26-18-8-7-17(35-21(37)11-15-4-3-5-16(10-15)25(27,28)29)12-19(18)36(20-6-1-2-9-30-20)24-22-23(32-13-31-22)33-14-34-24/h1-10,12-14H,11H2,(H,35,37)(H,31,32,33,34). The molecule has 0 aliphatic heterocycles. The van der Waals surface area contributed by atoms with Crippen LogP contribution in [0.15, 0.2) is 79.5 Å². The lowest BCUT2D eigenvalue weighted by molar-refractivity contribution is -0.137. The number of nitrogens with zero attached hydrogens (tertiary/aromatic N) is 5. The number of benzene rings is 2. The van der Waals surface area contributed by atoms with Gasteiger partial charge in [0.15, 0.2) is 11.5 Å². The van der Waals surface area contributed by atoms with Crippen LogP contribution in [-0.4, -0.2) is 30.8 Å². The first kappa shape index (κ1) is 23.9. The van der Waals surface area contributed by atoms with Gasteiger partial charge in [0.25, 0.3) is 0 Å². The molecule has 0 fully saturated rings. The number of hydrogen-bond acceptors (Lipinski definition) is 6.